The van der Waals surface area contributed by atoms with Crippen LogP contribution in [0.1, 0.15) is 30.7 Å². The van der Waals surface area contributed by atoms with Crippen LogP contribution < -0.4 is 10.2 Å². The first-order valence-electron chi connectivity index (χ1n) is 9.56. The number of benzene rings is 1. The van der Waals surface area contributed by atoms with Gasteiger partial charge in [-0.25, -0.2) is 9.97 Å². The molecule has 1 aliphatic heterocycles. The molecule has 0 atom stereocenters. The summed E-state index contributed by atoms with van der Waals surface area (Å²) in [6.07, 6.45) is 4.41. The molecule has 4 rings (SSSR count). The zero-order chi connectivity index (χ0) is 19.3. The maximum atomic E-state index is 12.3. The molecule has 28 heavy (non-hydrogen) atoms. The first kappa shape index (κ1) is 18.0. The Morgan fingerprint density at radius 1 is 1.25 bits per heavy atom. The predicted molar refractivity (Wildman–Crippen MR) is 107 cm³/mol. The second-order valence-corrected chi connectivity index (χ2v) is 7.02. The molecule has 1 aromatic carbocycles. The fraction of sp³-hybridized carbons (Fsp3) is 0.333. The number of para-hydroxylation sites is 2. The van der Waals surface area contributed by atoms with E-state index in [0.29, 0.717) is 18.4 Å². The van der Waals surface area contributed by atoms with E-state index < -0.39 is 0 Å². The Morgan fingerprint density at radius 2 is 2.07 bits per heavy atom. The largest absolute Gasteiger partial charge is 0.355 e. The van der Waals surface area contributed by atoms with Gasteiger partial charge in [0.05, 0.1) is 16.6 Å². The molecule has 1 fully saturated rings. The maximum absolute atomic E-state index is 12.3. The molecular formula is C21H22N6O. The van der Waals surface area contributed by atoms with Crippen LogP contribution in [0.4, 0.5) is 5.82 Å². The standard InChI is InChI=1S/C21H22N6O/c22-14-15-4-3-11-23-21(15)27-12-9-16(10-13-27)24-20(28)8-7-19-25-17-5-1-2-6-18(17)26-19/h1-6,11,16H,7-10,12-13H2,(H,24,28)(H,25,26). The van der Waals surface area contributed by atoms with E-state index in [1.807, 2.05) is 24.3 Å². The lowest BCUT2D eigenvalue weighted by Crippen LogP contribution is -2.45. The van der Waals surface area contributed by atoms with Crippen LogP contribution in [-0.4, -0.2) is 40.0 Å². The summed E-state index contributed by atoms with van der Waals surface area (Å²) in [7, 11) is 0. The summed E-state index contributed by atoms with van der Waals surface area (Å²) in [6, 6.07) is 13.8. The van der Waals surface area contributed by atoms with Crippen LogP contribution >= 0.6 is 0 Å². The van der Waals surface area contributed by atoms with Crippen molar-refractivity contribution in [3.8, 4) is 6.07 Å². The van der Waals surface area contributed by atoms with Crippen LogP contribution in [0.15, 0.2) is 42.6 Å². The number of fused-ring (bicyclic) bond motifs is 1. The van der Waals surface area contributed by atoms with Gasteiger partial charge in [-0.05, 0) is 37.1 Å². The van der Waals surface area contributed by atoms with Gasteiger partial charge >= 0.3 is 0 Å². The smallest absolute Gasteiger partial charge is 0.220 e. The van der Waals surface area contributed by atoms with Crippen molar-refractivity contribution in [1.29, 1.82) is 5.26 Å². The van der Waals surface area contributed by atoms with Crippen molar-refractivity contribution in [2.24, 2.45) is 0 Å². The number of nitrogens with one attached hydrogen (secondary N) is 2. The highest BCUT2D eigenvalue weighted by Crippen LogP contribution is 2.21. The Balaban J connectivity index is 1.26. The van der Waals surface area contributed by atoms with Gasteiger partial charge in [0.1, 0.15) is 17.7 Å². The third kappa shape index (κ3) is 3.96. The number of amides is 1. The van der Waals surface area contributed by atoms with E-state index in [1.165, 1.54) is 0 Å². The highest BCUT2D eigenvalue weighted by atomic mass is 16.1. The van der Waals surface area contributed by atoms with Crippen molar-refractivity contribution in [1.82, 2.24) is 20.3 Å². The van der Waals surface area contributed by atoms with Crippen LogP contribution in [0.2, 0.25) is 0 Å². The van der Waals surface area contributed by atoms with Gasteiger partial charge in [-0.1, -0.05) is 12.1 Å². The maximum Gasteiger partial charge on any atom is 0.220 e. The normalized spacial score (nSPS) is 14.8. The minimum absolute atomic E-state index is 0.0504. The van der Waals surface area contributed by atoms with Crippen molar-refractivity contribution >= 4 is 22.8 Å². The van der Waals surface area contributed by atoms with E-state index in [9.17, 15) is 10.1 Å². The number of hydrogen-bond acceptors (Lipinski definition) is 5. The van der Waals surface area contributed by atoms with E-state index in [-0.39, 0.29) is 11.9 Å². The molecule has 1 amide bonds. The Kier molecular flexibility index (Phi) is 5.20. The Bertz CT molecular complexity index is 980. The monoisotopic (exact) mass is 374 g/mol. The fourth-order valence-electron chi connectivity index (χ4n) is 3.63. The van der Waals surface area contributed by atoms with Gasteiger partial charge in [-0.2, -0.15) is 5.26 Å². The summed E-state index contributed by atoms with van der Waals surface area (Å²) in [5.74, 6) is 1.62. The lowest BCUT2D eigenvalue weighted by Gasteiger charge is -2.33. The zero-order valence-electron chi connectivity index (χ0n) is 15.6. The molecule has 1 saturated heterocycles. The summed E-state index contributed by atoms with van der Waals surface area (Å²) in [5, 5.41) is 12.4. The Morgan fingerprint density at radius 3 is 2.86 bits per heavy atom. The van der Waals surface area contributed by atoms with Gasteiger partial charge in [0, 0.05) is 38.2 Å². The summed E-state index contributed by atoms with van der Waals surface area (Å²) >= 11 is 0. The number of imidazole rings is 1. The van der Waals surface area contributed by atoms with Gasteiger partial charge in [0.15, 0.2) is 0 Å². The van der Waals surface area contributed by atoms with Crippen molar-refractivity contribution in [3.05, 3.63) is 54.0 Å². The highest BCUT2D eigenvalue weighted by Gasteiger charge is 2.23. The molecule has 3 heterocycles. The molecule has 142 valence electrons. The zero-order valence-corrected chi connectivity index (χ0v) is 15.6. The first-order valence-corrected chi connectivity index (χ1v) is 9.56. The van der Waals surface area contributed by atoms with E-state index in [1.54, 1.807) is 18.3 Å². The number of H-pyrrole nitrogens is 1. The number of nitrogens with zero attached hydrogens (tertiary/aromatic N) is 4. The van der Waals surface area contributed by atoms with Crippen LogP contribution in [0.25, 0.3) is 11.0 Å². The first-order chi connectivity index (χ1) is 13.7. The minimum Gasteiger partial charge on any atom is -0.355 e. The Hall–Kier alpha value is -3.40. The molecule has 0 radical (unpaired) electrons. The minimum atomic E-state index is 0.0504. The summed E-state index contributed by atoms with van der Waals surface area (Å²) in [4.78, 5) is 26.6. The fourth-order valence-corrected chi connectivity index (χ4v) is 3.63. The molecule has 3 aromatic rings. The third-order valence-corrected chi connectivity index (χ3v) is 5.09. The number of hydrogen-bond donors (Lipinski definition) is 2. The number of anilines is 1. The van der Waals surface area contributed by atoms with Gasteiger partial charge in [0.2, 0.25) is 5.91 Å². The van der Waals surface area contributed by atoms with Gasteiger partial charge in [-0.15, -0.1) is 0 Å². The average molecular weight is 374 g/mol. The third-order valence-electron chi connectivity index (χ3n) is 5.09. The second kappa shape index (κ2) is 8.09. The van der Waals surface area contributed by atoms with Crippen molar-refractivity contribution in [2.45, 2.75) is 31.7 Å². The molecule has 0 unspecified atom stereocenters. The number of nitriles is 1. The molecule has 0 aliphatic carbocycles. The van der Waals surface area contributed by atoms with Crippen molar-refractivity contribution in [3.63, 3.8) is 0 Å². The summed E-state index contributed by atoms with van der Waals surface area (Å²) in [5.41, 5.74) is 2.52. The lowest BCUT2D eigenvalue weighted by molar-refractivity contribution is -0.121. The van der Waals surface area contributed by atoms with E-state index in [2.05, 4.69) is 31.2 Å². The quantitative estimate of drug-likeness (QED) is 0.715. The highest BCUT2D eigenvalue weighted by molar-refractivity contribution is 5.77. The molecule has 0 bridgehead atoms. The van der Waals surface area contributed by atoms with E-state index >= 15 is 0 Å². The molecule has 7 nitrogen and oxygen atoms in total. The van der Waals surface area contributed by atoms with E-state index in [4.69, 9.17) is 0 Å². The van der Waals surface area contributed by atoms with Crippen molar-refractivity contribution < 1.29 is 4.79 Å². The van der Waals surface area contributed by atoms with Crippen LogP contribution in [0.5, 0.6) is 0 Å². The van der Waals surface area contributed by atoms with Crippen molar-refractivity contribution in [2.75, 3.05) is 18.0 Å². The van der Waals surface area contributed by atoms with Crippen LogP contribution in [0.3, 0.4) is 0 Å². The lowest BCUT2D eigenvalue weighted by atomic mass is 10.0. The number of aryl methyl sites for hydroxylation is 1. The number of aromatic amines is 1. The number of carbonyl (C=O) groups excluding carboxylic acids is 1. The molecule has 2 aromatic heterocycles. The number of piperidine rings is 1. The molecular weight excluding hydrogens is 352 g/mol. The SMILES string of the molecule is N#Cc1cccnc1N1CCC(NC(=O)CCc2nc3ccccc3[nH]2)CC1. The number of rotatable bonds is 5. The van der Waals surface area contributed by atoms with Gasteiger partial charge in [-0.3, -0.25) is 4.79 Å². The van der Waals surface area contributed by atoms with E-state index in [0.717, 1.165) is 48.6 Å². The Labute approximate surface area is 163 Å². The number of carbonyl (C=O) groups is 1. The molecule has 7 heteroatoms. The van der Waals surface area contributed by atoms with Crippen LogP contribution in [0, 0.1) is 11.3 Å². The van der Waals surface area contributed by atoms with Gasteiger partial charge in [0.25, 0.3) is 0 Å². The van der Waals surface area contributed by atoms with Gasteiger partial charge < -0.3 is 15.2 Å². The van der Waals surface area contributed by atoms with Crippen LogP contribution in [-0.2, 0) is 11.2 Å². The second-order valence-electron chi connectivity index (χ2n) is 7.02. The summed E-state index contributed by atoms with van der Waals surface area (Å²) in [6.45, 7) is 1.56. The predicted octanol–water partition coefficient (Wildman–Crippen LogP) is 2.55. The molecule has 2 N–H and O–H groups in total. The molecule has 0 saturated carbocycles. The average Bonchev–Trinajstić information content (AvgIpc) is 3.16. The topological polar surface area (TPSA) is 97.7 Å². The number of pyridine rings is 1. The molecule has 0 spiro atoms. The molecule has 1 aliphatic rings. The summed E-state index contributed by atoms with van der Waals surface area (Å²) < 4.78 is 0. The number of aromatic nitrogens is 3.